The zero-order valence-electron chi connectivity index (χ0n) is 20.3. The van der Waals surface area contributed by atoms with Crippen molar-refractivity contribution in [2.75, 3.05) is 6.54 Å². The number of aliphatic carboxylic acids is 1. The topological polar surface area (TPSA) is 92.6 Å². The third-order valence-electron chi connectivity index (χ3n) is 6.63. The van der Waals surface area contributed by atoms with Crippen LogP contribution in [-0.4, -0.2) is 50.5 Å². The van der Waals surface area contributed by atoms with E-state index in [9.17, 15) is 14.7 Å². The van der Waals surface area contributed by atoms with Crippen LogP contribution in [0.5, 0.6) is 5.88 Å². The molecule has 7 nitrogen and oxygen atoms in total. The van der Waals surface area contributed by atoms with Gasteiger partial charge in [0.1, 0.15) is 12.1 Å². The number of likely N-dealkylation sites (tertiary alicyclic amines) is 1. The Hall–Kier alpha value is -3.48. The molecule has 0 spiro atoms. The van der Waals surface area contributed by atoms with Crippen molar-refractivity contribution in [1.29, 1.82) is 0 Å². The zero-order valence-corrected chi connectivity index (χ0v) is 20.3. The lowest BCUT2D eigenvalue weighted by Crippen LogP contribution is -2.45. The van der Waals surface area contributed by atoms with Crippen molar-refractivity contribution in [1.82, 2.24) is 14.9 Å². The summed E-state index contributed by atoms with van der Waals surface area (Å²) >= 11 is 0. The SMILES string of the molecule is Cc1ccc2nc(-c3ccccc3)nc(O[C@@H]3CC(C(=O)O)N(C(=O)[C@@H](C)C(C)(C)C)C3)c2c1. The number of carbonyl (C=O) groups is 2. The van der Waals surface area contributed by atoms with Gasteiger partial charge in [0.25, 0.3) is 0 Å². The summed E-state index contributed by atoms with van der Waals surface area (Å²) in [4.78, 5) is 36.1. The minimum atomic E-state index is -1.02. The summed E-state index contributed by atoms with van der Waals surface area (Å²) in [5.41, 5.74) is 2.38. The molecule has 2 heterocycles. The summed E-state index contributed by atoms with van der Waals surface area (Å²) in [5, 5.41) is 10.6. The van der Waals surface area contributed by atoms with E-state index in [4.69, 9.17) is 14.7 Å². The van der Waals surface area contributed by atoms with Gasteiger partial charge >= 0.3 is 5.97 Å². The number of benzene rings is 2. The van der Waals surface area contributed by atoms with Gasteiger partial charge in [0, 0.05) is 17.9 Å². The first kappa shape index (κ1) is 23.7. The van der Waals surface area contributed by atoms with Crippen molar-refractivity contribution in [2.45, 2.75) is 53.2 Å². The maximum absolute atomic E-state index is 13.2. The molecule has 3 atom stereocenters. The molecule has 4 rings (SSSR count). The first-order valence-electron chi connectivity index (χ1n) is 11.6. The fraction of sp³-hybridized carbons (Fsp3) is 0.407. The van der Waals surface area contributed by atoms with Crippen LogP contribution in [0.25, 0.3) is 22.3 Å². The standard InChI is InChI=1S/C27H31N3O4/c1-16-11-12-21-20(13-16)24(29-23(28-21)18-9-7-6-8-10-18)34-19-14-22(26(32)33)30(15-19)25(31)17(2)27(3,4)5/h6-13,17,19,22H,14-15H2,1-5H3,(H,32,33)/t17-,19-,22?/m1/s1. The Morgan fingerprint density at radius 2 is 1.82 bits per heavy atom. The van der Waals surface area contributed by atoms with Crippen molar-refractivity contribution in [3.63, 3.8) is 0 Å². The van der Waals surface area contributed by atoms with Crippen molar-refractivity contribution >= 4 is 22.8 Å². The molecule has 1 aliphatic rings. The second-order valence-electron chi connectivity index (χ2n) is 10.1. The molecule has 1 amide bonds. The number of carboxylic acid groups (broad SMARTS) is 1. The molecule has 1 aromatic heterocycles. The highest BCUT2D eigenvalue weighted by atomic mass is 16.5. The van der Waals surface area contributed by atoms with Crippen LogP contribution >= 0.6 is 0 Å². The van der Waals surface area contributed by atoms with Crippen LogP contribution in [0, 0.1) is 18.3 Å². The van der Waals surface area contributed by atoms with E-state index in [0.29, 0.717) is 11.7 Å². The maximum atomic E-state index is 13.2. The molecule has 7 heteroatoms. The smallest absolute Gasteiger partial charge is 0.326 e. The normalized spacial score (nSPS) is 19.3. The number of hydrogen-bond acceptors (Lipinski definition) is 5. The predicted octanol–water partition coefficient (Wildman–Crippen LogP) is 4.72. The molecule has 3 aromatic rings. The second-order valence-corrected chi connectivity index (χ2v) is 10.1. The van der Waals surface area contributed by atoms with E-state index in [1.807, 2.05) is 83.1 Å². The van der Waals surface area contributed by atoms with Gasteiger partial charge in [-0.05, 0) is 24.5 Å². The lowest BCUT2D eigenvalue weighted by atomic mass is 9.81. The Labute approximate surface area is 199 Å². The van der Waals surface area contributed by atoms with Gasteiger partial charge in [-0.15, -0.1) is 0 Å². The quantitative estimate of drug-likeness (QED) is 0.591. The first-order valence-corrected chi connectivity index (χ1v) is 11.6. The van der Waals surface area contributed by atoms with E-state index in [1.165, 1.54) is 4.90 Å². The number of ether oxygens (including phenoxy) is 1. The fourth-order valence-electron chi connectivity index (χ4n) is 4.16. The van der Waals surface area contributed by atoms with Gasteiger partial charge in [-0.2, -0.15) is 4.98 Å². The summed E-state index contributed by atoms with van der Waals surface area (Å²) in [5.74, 6) is -0.567. The molecule has 1 saturated heterocycles. The lowest BCUT2D eigenvalue weighted by Gasteiger charge is -2.31. The van der Waals surface area contributed by atoms with Gasteiger partial charge < -0.3 is 14.7 Å². The van der Waals surface area contributed by atoms with Gasteiger partial charge in [0.15, 0.2) is 5.82 Å². The molecule has 0 saturated carbocycles. The predicted molar refractivity (Wildman–Crippen MR) is 130 cm³/mol. The number of nitrogens with zero attached hydrogens (tertiary/aromatic N) is 3. The maximum Gasteiger partial charge on any atom is 0.326 e. The van der Waals surface area contributed by atoms with E-state index < -0.39 is 18.1 Å². The minimum Gasteiger partial charge on any atom is -0.480 e. The highest BCUT2D eigenvalue weighted by Crippen LogP contribution is 2.33. The van der Waals surface area contributed by atoms with Crippen LogP contribution in [0.15, 0.2) is 48.5 Å². The largest absolute Gasteiger partial charge is 0.480 e. The average Bonchev–Trinajstić information content (AvgIpc) is 3.22. The molecule has 0 bridgehead atoms. The zero-order chi connectivity index (χ0) is 24.6. The first-order chi connectivity index (χ1) is 16.0. The van der Waals surface area contributed by atoms with Crippen LogP contribution in [-0.2, 0) is 9.59 Å². The van der Waals surface area contributed by atoms with E-state index in [-0.39, 0.29) is 30.2 Å². The van der Waals surface area contributed by atoms with Crippen molar-refractivity contribution in [3.8, 4) is 17.3 Å². The number of aromatic nitrogens is 2. The summed E-state index contributed by atoms with van der Waals surface area (Å²) in [7, 11) is 0. The Kier molecular flexibility index (Phi) is 6.30. The van der Waals surface area contributed by atoms with Crippen LogP contribution in [0.4, 0.5) is 0 Å². The summed E-state index contributed by atoms with van der Waals surface area (Å²) in [6, 6.07) is 14.6. The molecular formula is C27H31N3O4. The number of hydrogen-bond donors (Lipinski definition) is 1. The molecule has 178 valence electrons. The number of aryl methyl sites for hydroxylation is 1. The van der Waals surface area contributed by atoms with E-state index in [2.05, 4.69) is 0 Å². The molecule has 1 unspecified atom stereocenters. The average molecular weight is 462 g/mol. The molecule has 2 aromatic carbocycles. The Morgan fingerprint density at radius 3 is 2.47 bits per heavy atom. The Morgan fingerprint density at radius 1 is 1.12 bits per heavy atom. The van der Waals surface area contributed by atoms with Crippen molar-refractivity contribution < 1.29 is 19.4 Å². The van der Waals surface area contributed by atoms with E-state index >= 15 is 0 Å². The van der Waals surface area contributed by atoms with Gasteiger partial charge in [0.2, 0.25) is 11.8 Å². The number of amides is 1. The molecule has 1 fully saturated rings. The highest BCUT2D eigenvalue weighted by Gasteiger charge is 2.44. The fourth-order valence-corrected chi connectivity index (χ4v) is 4.16. The Bertz CT molecular complexity index is 1220. The molecule has 34 heavy (non-hydrogen) atoms. The minimum absolute atomic E-state index is 0.167. The number of rotatable bonds is 5. The van der Waals surface area contributed by atoms with Gasteiger partial charge in [-0.25, -0.2) is 9.78 Å². The van der Waals surface area contributed by atoms with Crippen LogP contribution in [0.2, 0.25) is 0 Å². The number of carbonyl (C=O) groups excluding carboxylic acids is 1. The van der Waals surface area contributed by atoms with E-state index in [0.717, 1.165) is 22.0 Å². The molecule has 1 aliphatic heterocycles. The summed E-state index contributed by atoms with van der Waals surface area (Å²) in [6.07, 6.45) is -0.282. The van der Waals surface area contributed by atoms with Crippen LogP contribution < -0.4 is 4.74 Å². The van der Waals surface area contributed by atoms with Gasteiger partial charge in [0.05, 0.1) is 17.4 Å². The van der Waals surface area contributed by atoms with Gasteiger partial charge in [-0.3, -0.25) is 4.79 Å². The molecule has 0 radical (unpaired) electrons. The second kappa shape index (κ2) is 9.05. The summed E-state index contributed by atoms with van der Waals surface area (Å²) in [6.45, 7) is 9.98. The van der Waals surface area contributed by atoms with Crippen LogP contribution in [0.3, 0.4) is 0 Å². The summed E-state index contributed by atoms with van der Waals surface area (Å²) < 4.78 is 6.32. The van der Waals surface area contributed by atoms with Gasteiger partial charge in [-0.1, -0.05) is 69.7 Å². The van der Waals surface area contributed by atoms with Crippen molar-refractivity contribution in [3.05, 3.63) is 54.1 Å². The third-order valence-corrected chi connectivity index (χ3v) is 6.63. The number of carboxylic acids is 1. The highest BCUT2D eigenvalue weighted by molar-refractivity contribution is 5.87. The number of fused-ring (bicyclic) bond motifs is 1. The monoisotopic (exact) mass is 461 g/mol. The van der Waals surface area contributed by atoms with E-state index in [1.54, 1.807) is 0 Å². The Balaban J connectivity index is 1.68. The third kappa shape index (κ3) is 4.74. The molecule has 1 N–H and O–H groups in total. The van der Waals surface area contributed by atoms with Crippen LogP contribution in [0.1, 0.15) is 39.7 Å². The lowest BCUT2D eigenvalue weighted by molar-refractivity contribution is -0.151. The van der Waals surface area contributed by atoms with Crippen molar-refractivity contribution in [2.24, 2.45) is 11.3 Å². The molecular weight excluding hydrogens is 430 g/mol. The molecule has 0 aliphatic carbocycles.